The van der Waals surface area contributed by atoms with Crippen LogP contribution in [-0.4, -0.2) is 39.5 Å². The third-order valence-electron chi connectivity index (χ3n) is 3.84. The van der Waals surface area contributed by atoms with Crippen molar-refractivity contribution in [2.24, 2.45) is 5.92 Å². The van der Waals surface area contributed by atoms with E-state index >= 15 is 0 Å². The van der Waals surface area contributed by atoms with Gasteiger partial charge in [-0.15, -0.1) is 0 Å². The molecule has 1 saturated heterocycles. The van der Waals surface area contributed by atoms with E-state index < -0.39 is 0 Å². The van der Waals surface area contributed by atoms with Crippen molar-refractivity contribution in [3.05, 3.63) is 48.7 Å². The van der Waals surface area contributed by atoms with E-state index in [0.717, 1.165) is 26.2 Å². The minimum absolute atomic E-state index is 0.608. The van der Waals surface area contributed by atoms with Gasteiger partial charge in [-0.25, -0.2) is 4.98 Å². The van der Waals surface area contributed by atoms with E-state index in [1.807, 2.05) is 18.5 Å². The molecule has 1 fully saturated rings. The molecule has 0 saturated carbocycles. The molecule has 21 heavy (non-hydrogen) atoms. The molecule has 1 aliphatic rings. The van der Waals surface area contributed by atoms with Gasteiger partial charge in [0.05, 0.1) is 12.8 Å². The molecular weight excluding hydrogens is 264 g/mol. The number of piperidine rings is 1. The molecule has 0 unspecified atom stereocenters. The quantitative estimate of drug-likeness (QED) is 0.842. The number of hydrogen-bond acceptors (Lipinski definition) is 5. The van der Waals surface area contributed by atoms with Crippen molar-refractivity contribution >= 4 is 0 Å². The molecule has 0 amide bonds. The zero-order chi connectivity index (χ0) is 14.3. The molecule has 5 heteroatoms. The maximum Gasteiger partial charge on any atom is 0.232 e. The summed E-state index contributed by atoms with van der Waals surface area (Å²) < 4.78 is 5.70. The summed E-state index contributed by atoms with van der Waals surface area (Å²) in [5.74, 6) is 1.23. The molecule has 0 atom stereocenters. The summed E-state index contributed by atoms with van der Waals surface area (Å²) >= 11 is 0. The molecule has 5 nitrogen and oxygen atoms in total. The van der Waals surface area contributed by atoms with Crippen LogP contribution in [0.1, 0.15) is 18.4 Å². The van der Waals surface area contributed by atoms with Crippen LogP contribution in [0.3, 0.4) is 0 Å². The van der Waals surface area contributed by atoms with Crippen LogP contribution < -0.4 is 4.74 Å². The second kappa shape index (κ2) is 7.13. The number of ether oxygens (including phenoxy) is 1. The van der Waals surface area contributed by atoms with Gasteiger partial charge >= 0.3 is 0 Å². The SMILES string of the molecule is c1cncc(CN2CCC(COc3cnccn3)CC2)c1. The highest BCUT2D eigenvalue weighted by atomic mass is 16.5. The smallest absolute Gasteiger partial charge is 0.232 e. The number of nitrogens with zero attached hydrogens (tertiary/aromatic N) is 4. The van der Waals surface area contributed by atoms with E-state index in [-0.39, 0.29) is 0 Å². The Morgan fingerprint density at radius 1 is 1.10 bits per heavy atom. The van der Waals surface area contributed by atoms with Gasteiger partial charge in [0, 0.05) is 31.3 Å². The van der Waals surface area contributed by atoms with E-state index in [1.165, 1.54) is 18.4 Å². The maximum absolute atomic E-state index is 5.70. The molecule has 2 aromatic heterocycles. The van der Waals surface area contributed by atoms with Gasteiger partial charge in [0.15, 0.2) is 0 Å². The second-order valence-electron chi connectivity index (χ2n) is 5.44. The van der Waals surface area contributed by atoms with E-state index in [4.69, 9.17) is 4.74 Å². The number of likely N-dealkylation sites (tertiary alicyclic amines) is 1. The standard InChI is InChI=1S/C16H20N4O/c1-2-15(10-17-5-1)12-20-8-3-14(4-9-20)13-21-16-11-18-6-7-19-16/h1-2,5-7,10-11,14H,3-4,8-9,12-13H2. The highest BCUT2D eigenvalue weighted by molar-refractivity contribution is 5.08. The lowest BCUT2D eigenvalue weighted by Gasteiger charge is -2.31. The van der Waals surface area contributed by atoms with Gasteiger partial charge in [0.1, 0.15) is 0 Å². The summed E-state index contributed by atoms with van der Waals surface area (Å²) in [7, 11) is 0. The van der Waals surface area contributed by atoms with Gasteiger partial charge in [-0.3, -0.25) is 14.9 Å². The first-order chi connectivity index (χ1) is 10.4. The highest BCUT2D eigenvalue weighted by Gasteiger charge is 2.20. The number of aromatic nitrogens is 3. The monoisotopic (exact) mass is 284 g/mol. The minimum Gasteiger partial charge on any atom is -0.476 e. The van der Waals surface area contributed by atoms with Gasteiger partial charge in [0.25, 0.3) is 0 Å². The van der Waals surface area contributed by atoms with Crippen molar-refractivity contribution in [3.63, 3.8) is 0 Å². The lowest BCUT2D eigenvalue weighted by molar-refractivity contribution is 0.134. The Balaban J connectivity index is 1.41. The van der Waals surface area contributed by atoms with Crippen molar-refractivity contribution in [1.82, 2.24) is 19.9 Å². The Labute approximate surface area is 125 Å². The summed E-state index contributed by atoms with van der Waals surface area (Å²) in [4.78, 5) is 14.8. The van der Waals surface area contributed by atoms with Crippen LogP contribution in [0, 0.1) is 5.92 Å². The molecule has 3 rings (SSSR count). The predicted molar refractivity (Wildman–Crippen MR) is 79.8 cm³/mol. The molecule has 3 heterocycles. The Morgan fingerprint density at radius 3 is 2.67 bits per heavy atom. The first-order valence-corrected chi connectivity index (χ1v) is 7.40. The molecule has 0 aromatic carbocycles. The van der Waals surface area contributed by atoms with Crippen LogP contribution >= 0.6 is 0 Å². The summed E-state index contributed by atoms with van der Waals surface area (Å²) in [6.07, 6.45) is 11.1. The van der Waals surface area contributed by atoms with Crippen molar-refractivity contribution in [2.75, 3.05) is 19.7 Å². The number of hydrogen-bond donors (Lipinski definition) is 0. The zero-order valence-electron chi connectivity index (χ0n) is 12.1. The van der Waals surface area contributed by atoms with Crippen LogP contribution in [0.2, 0.25) is 0 Å². The van der Waals surface area contributed by atoms with E-state index in [9.17, 15) is 0 Å². The lowest BCUT2D eigenvalue weighted by Crippen LogP contribution is -2.35. The van der Waals surface area contributed by atoms with Crippen LogP contribution in [0.5, 0.6) is 5.88 Å². The van der Waals surface area contributed by atoms with E-state index in [1.54, 1.807) is 18.6 Å². The van der Waals surface area contributed by atoms with E-state index in [0.29, 0.717) is 11.8 Å². The Morgan fingerprint density at radius 2 is 1.95 bits per heavy atom. The summed E-state index contributed by atoms with van der Waals surface area (Å²) in [5.41, 5.74) is 1.28. The van der Waals surface area contributed by atoms with E-state index in [2.05, 4.69) is 25.9 Å². The molecule has 0 bridgehead atoms. The molecule has 2 aromatic rings. The van der Waals surface area contributed by atoms with Gasteiger partial charge in [-0.2, -0.15) is 0 Å². The lowest BCUT2D eigenvalue weighted by atomic mass is 9.97. The van der Waals surface area contributed by atoms with Crippen LogP contribution in [-0.2, 0) is 6.54 Å². The van der Waals surface area contributed by atoms with Crippen molar-refractivity contribution < 1.29 is 4.74 Å². The third kappa shape index (κ3) is 4.23. The van der Waals surface area contributed by atoms with Crippen LogP contribution in [0.4, 0.5) is 0 Å². The first-order valence-electron chi connectivity index (χ1n) is 7.40. The summed E-state index contributed by atoms with van der Waals surface area (Å²) in [6, 6.07) is 4.13. The average molecular weight is 284 g/mol. The third-order valence-corrected chi connectivity index (χ3v) is 3.84. The summed E-state index contributed by atoms with van der Waals surface area (Å²) in [5, 5.41) is 0. The normalized spacial score (nSPS) is 16.8. The van der Waals surface area contributed by atoms with Crippen molar-refractivity contribution in [3.8, 4) is 5.88 Å². The molecule has 0 spiro atoms. The molecule has 1 aliphatic heterocycles. The highest BCUT2D eigenvalue weighted by Crippen LogP contribution is 2.19. The Kier molecular flexibility index (Phi) is 4.74. The largest absolute Gasteiger partial charge is 0.476 e. The molecule has 110 valence electrons. The van der Waals surface area contributed by atoms with Gasteiger partial charge in [0.2, 0.25) is 5.88 Å². The van der Waals surface area contributed by atoms with Crippen LogP contribution in [0.25, 0.3) is 0 Å². The predicted octanol–water partition coefficient (Wildman–Crippen LogP) is 2.16. The fraction of sp³-hybridized carbons (Fsp3) is 0.438. The Hall–Kier alpha value is -2.01. The van der Waals surface area contributed by atoms with Crippen molar-refractivity contribution in [1.29, 1.82) is 0 Å². The van der Waals surface area contributed by atoms with Crippen molar-refractivity contribution in [2.45, 2.75) is 19.4 Å². The molecule has 0 radical (unpaired) electrons. The fourth-order valence-electron chi connectivity index (χ4n) is 2.62. The molecule has 0 N–H and O–H groups in total. The second-order valence-corrected chi connectivity index (χ2v) is 5.44. The number of rotatable bonds is 5. The Bertz CT molecular complexity index is 526. The minimum atomic E-state index is 0.608. The molecular formula is C16H20N4O. The number of pyridine rings is 1. The van der Waals surface area contributed by atoms with Crippen LogP contribution in [0.15, 0.2) is 43.1 Å². The zero-order valence-corrected chi connectivity index (χ0v) is 12.1. The fourth-order valence-corrected chi connectivity index (χ4v) is 2.62. The van der Waals surface area contributed by atoms with Gasteiger partial charge in [-0.1, -0.05) is 6.07 Å². The molecule has 0 aliphatic carbocycles. The topological polar surface area (TPSA) is 51.1 Å². The average Bonchev–Trinajstić information content (AvgIpc) is 2.56. The first kappa shape index (κ1) is 13.9. The maximum atomic E-state index is 5.70. The van der Waals surface area contributed by atoms with Gasteiger partial charge in [-0.05, 0) is 43.5 Å². The summed E-state index contributed by atoms with van der Waals surface area (Å²) in [6.45, 7) is 3.96. The van der Waals surface area contributed by atoms with Gasteiger partial charge < -0.3 is 4.74 Å².